The molecule has 1 aromatic carbocycles. The summed E-state index contributed by atoms with van der Waals surface area (Å²) in [7, 11) is 0. The summed E-state index contributed by atoms with van der Waals surface area (Å²) in [5, 5.41) is 20.9. The Hall–Kier alpha value is -1.08. The van der Waals surface area contributed by atoms with Gasteiger partial charge in [-0.2, -0.15) is 12.6 Å². The van der Waals surface area contributed by atoms with Crippen LogP contribution in [-0.2, 0) is 11.2 Å². The average molecular weight is 268 g/mol. The van der Waals surface area contributed by atoms with Gasteiger partial charge in [0.2, 0.25) is 5.91 Å². The molecule has 2 rings (SSSR count). The molecule has 3 atom stereocenters. The second kappa shape index (κ2) is 5.71. The van der Waals surface area contributed by atoms with Crippen LogP contribution in [0.25, 0.3) is 0 Å². The van der Waals surface area contributed by atoms with Gasteiger partial charge >= 0.3 is 0 Å². The van der Waals surface area contributed by atoms with Gasteiger partial charge in [-0.1, -0.05) is 30.3 Å². The number of aliphatic hydroxyl groups is 2. The van der Waals surface area contributed by atoms with Crippen LogP contribution in [-0.4, -0.2) is 45.4 Å². The zero-order chi connectivity index (χ0) is 13.1. The lowest BCUT2D eigenvalue weighted by Gasteiger charge is -2.49. The lowest BCUT2D eigenvalue weighted by atomic mass is 10.1. The maximum Gasteiger partial charge on any atom is 0.224 e. The number of carbonyl (C=O) groups is 1. The Balaban J connectivity index is 1.86. The van der Waals surface area contributed by atoms with E-state index in [1.807, 2.05) is 30.3 Å². The second-order valence-electron chi connectivity index (χ2n) is 4.24. The molecule has 0 spiro atoms. The highest BCUT2D eigenvalue weighted by Gasteiger charge is 2.46. The Morgan fingerprint density at radius 3 is 2.61 bits per heavy atom. The van der Waals surface area contributed by atoms with Crippen LogP contribution < -0.4 is 5.32 Å². The number of benzene rings is 1. The molecule has 1 aliphatic heterocycles. The quantitative estimate of drug-likeness (QED) is 0.558. The first kappa shape index (κ1) is 13.4. The third kappa shape index (κ3) is 2.67. The van der Waals surface area contributed by atoms with Crippen molar-refractivity contribution >= 4 is 18.5 Å². The number of hydrogen-bond acceptors (Lipinski definition) is 5. The zero-order valence-corrected chi connectivity index (χ0v) is 10.6. The third-order valence-electron chi connectivity index (χ3n) is 3.02. The standard InChI is InChI=1S/C12H16N2O3S/c15-7-14-11(17)10(12(14)18)13-9(16)6-8-4-2-1-3-5-8/h1-5,10-12,15,17-18H,6-7H2,(H,13,16). The predicted molar refractivity (Wildman–Crippen MR) is 69.8 cm³/mol. The fourth-order valence-corrected chi connectivity index (χ4v) is 2.39. The van der Waals surface area contributed by atoms with Crippen molar-refractivity contribution < 1.29 is 15.0 Å². The smallest absolute Gasteiger partial charge is 0.224 e. The molecule has 1 fully saturated rings. The fourth-order valence-electron chi connectivity index (χ4n) is 1.96. The average Bonchev–Trinajstić information content (AvgIpc) is 2.38. The van der Waals surface area contributed by atoms with E-state index >= 15 is 0 Å². The van der Waals surface area contributed by atoms with Gasteiger partial charge in [-0.05, 0) is 5.56 Å². The highest BCUT2D eigenvalue weighted by Crippen LogP contribution is 2.26. The summed E-state index contributed by atoms with van der Waals surface area (Å²) in [6, 6.07) is 8.92. The molecule has 1 aliphatic rings. The zero-order valence-electron chi connectivity index (χ0n) is 9.73. The fraction of sp³-hybridized carbons (Fsp3) is 0.417. The lowest BCUT2D eigenvalue weighted by Crippen LogP contribution is -2.71. The highest BCUT2D eigenvalue weighted by molar-refractivity contribution is 7.81. The summed E-state index contributed by atoms with van der Waals surface area (Å²) in [5.41, 5.74) is 0.915. The van der Waals surface area contributed by atoms with Crippen molar-refractivity contribution in [2.24, 2.45) is 0 Å². The van der Waals surface area contributed by atoms with Crippen LogP contribution in [0, 0.1) is 0 Å². The van der Waals surface area contributed by atoms with E-state index in [2.05, 4.69) is 17.9 Å². The molecule has 1 aromatic rings. The van der Waals surface area contributed by atoms with Crippen LogP contribution in [0.15, 0.2) is 30.3 Å². The van der Waals surface area contributed by atoms with Crippen molar-refractivity contribution in [3.8, 4) is 0 Å². The van der Waals surface area contributed by atoms with Gasteiger partial charge < -0.3 is 15.5 Å². The summed E-state index contributed by atoms with van der Waals surface area (Å²) in [6.45, 7) is -0.277. The number of hydrogen-bond donors (Lipinski definition) is 4. The Kier molecular flexibility index (Phi) is 4.23. The molecule has 0 radical (unpaired) electrons. The Morgan fingerprint density at radius 1 is 1.39 bits per heavy atom. The van der Waals surface area contributed by atoms with Crippen molar-refractivity contribution in [1.29, 1.82) is 0 Å². The highest BCUT2D eigenvalue weighted by atomic mass is 32.1. The van der Waals surface area contributed by atoms with Gasteiger partial charge in [-0.25, -0.2) is 4.90 Å². The van der Waals surface area contributed by atoms with Crippen molar-refractivity contribution in [3.05, 3.63) is 35.9 Å². The number of aliphatic hydroxyl groups excluding tert-OH is 2. The Labute approximate surface area is 111 Å². The number of rotatable bonds is 4. The first-order valence-electron chi connectivity index (χ1n) is 5.69. The van der Waals surface area contributed by atoms with Crippen molar-refractivity contribution in [1.82, 2.24) is 10.2 Å². The number of likely N-dealkylation sites (tertiary alicyclic amines) is 1. The molecule has 3 N–H and O–H groups in total. The maximum atomic E-state index is 11.8. The first-order chi connectivity index (χ1) is 8.63. The molecule has 1 amide bonds. The van der Waals surface area contributed by atoms with Crippen LogP contribution in [0.1, 0.15) is 5.56 Å². The van der Waals surface area contributed by atoms with Crippen LogP contribution in [0.5, 0.6) is 0 Å². The van der Waals surface area contributed by atoms with E-state index in [9.17, 15) is 9.90 Å². The normalized spacial score (nSPS) is 27.6. The molecule has 0 aliphatic carbocycles. The van der Waals surface area contributed by atoms with E-state index in [0.717, 1.165) is 5.56 Å². The van der Waals surface area contributed by atoms with Gasteiger partial charge in [0.05, 0.1) is 24.6 Å². The van der Waals surface area contributed by atoms with Crippen LogP contribution in [0.2, 0.25) is 0 Å². The minimum absolute atomic E-state index is 0.165. The maximum absolute atomic E-state index is 11.8. The molecular weight excluding hydrogens is 252 g/mol. The summed E-state index contributed by atoms with van der Waals surface area (Å²) in [5.74, 6) is -0.165. The van der Waals surface area contributed by atoms with E-state index in [4.69, 9.17) is 5.11 Å². The van der Waals surface area contributed by atoms with Gasteiger partial charge in [-0.3, -0.25) is 4.79 Å². The molecule has 0 saturated carbocycles. The van der Waals surface area contributed by atoms with E-state index in [0.29, 0.717) is 0 Å². The van der Waals surface area contributed by atoms with Crippen molar-refractivity contribution in [2.45, 2.75) is 24.1 Å². The molecule has 98 valence electrons. The van der Waals surface area contributed by atoms with Gasteiger partial charge in [0.15, 0.2) is 0 Å². The number of nitrogens with one attached hydrogen (secondary N) is 1. The summed E-state index contributed by atoms with van der Waals surface area (Å²) >= 11 is 4.21. The Morgan fingerprint density at radius 2 is 2.06 bits per heavy atom. The largest absolute Gasteiger partial charge is 0.381 e. The second-order valence-corrected chi connectivity index (χ2v) is 4.77. The van der Waals surface area contributed by atoms with E-state index in [1.54, 1.807) is 0 Å². The molecule has 0 aromatic heterocycles. The summed E-state index contributed by atoms with van der Waals surface area (Å²) in [6.07, 6.45) is -0.610. The summed E-state index contributed by atoms with van der Waals surface area (Å²) in [4.78, 5) is 13.1. The summed E-state index contributed by atoms with van der Waals surface area (Å²) < 4.78 is 0. The molecule has 3 unspecified atom stereocenters. The van der Waals surface area contributed by atoms with Gasteiger partial charge in [0.25, 0.3) is 0 Å². The van der Waals surface area contributed by atoms with Crippen molar-refractivity contribution in [2.75, 3.05) is 6.73 Å². The SMILES string of the molecule is O=C(Cc1ccccc1)NC1C(O)N(CO)C1S. The van der Waals surface area contributed by atoms with E-state index in [1.165, 1.54) is 4.90 Å². The topological polar surface area (TPSA) is 72.8 Å². The first-order valence-corrected chi connectivity index (χ1v) is 6.21. The molecule has 18 heavy (non-hydrogen) atoms. The minimum Gasteiger partial charge on any atom is -0.381 e. The number of thiol groups is 1. The van der Waals surface area contributed by atoms with Crippen LogP contribution in [0.3, 0.4) is 0 Å². The van der Waals surface area contributed by atoms with Gasteiger partial charge in [-0.15, -0.1) is 0 Å². The monoisotopic (exact) mass is 268 g/mol. The number of carbonyl (C=O) groups excluding carboxylic acids is 1. The van der Waals surface area contributed by atoms with Crippen LogP contribution >= 0.6 is 12.6 Å². The number of amides is 1. The predicted octanol–water partition coefficient (Wildman–Crippen LogP) is -0.446. The molecular formula is C12H16N2O3S. The van der Waals surface area contributed by atoms with Crippen LogP contribution in [0.4, 0.5) is 0 Å². The van der Waals surface area contributed by atoms with E-state index < -0.39 is 12.3 Å². The van der Waals surface area contributed by atoms with Gasteiger partial charge in [0, 0.05) is 0 Å². The lowest BCUT2D eigenvalue weighted by molar-refractivity contribution is -0.158. The molecule has 0 bridgehead atoms. The molecule has 5 nitrogen and oxygen atoms in total. The minimum atomic E-state index is -0.878. The third-order valence-corrected chi connectivity index (χ3v) is 3.64. The van der Waals surface area contributed by atoms with E-state index in [-0.39, 0.29) is 24.4 Å². The van der Waals surface area contributed by atoms with Gasteiger partial charge in [0.1, 0.15) is 6.23 Å². The molecule has 6 heteroatoms. The Bertz CT molecular complexity index is 405. The van der Waals surface area contributed by atoms with Crippen molar-refractivity contribution in [3.63, 3.8) is 0 Å². The molecule has 1 heterocycles. The number of nitrogens with zero attached hydrogens (tertiary/aromatic N) is 1. The molecule has 1 saturated heterocycles.